The van der Waals surface area contributed by atoms with E-state index in [2.05, 4.69) is 20.4 Å². The van der Waals surface area contributed by atoms with E-state index in [0.717, 1.165) is 22.8 Å². The molecule has 0 bridgehead atoms. The molecule has 3 aromatic heterocycles. The Kier molecular flexibility index (Phi) is 4.45. The van der Waals surface area contributed by atoms with E-state index >= 15 is 0 Å². The first-order valence-corrected chi connectivity index (χ1v) is 7.72. The molecule has 0 aliphatic heterocycles. The number of aromatic nitrogens is 4. The van der Waals surface area contributed by atoms with Gasteiger partial charge in [-0.2, -0.15) is 10.4 Å². The van der Waals surface area contributed by atoms with Gasteiger partial charge in [-0.1, -0.05) is 17.7 Å². The highest BCUT2D eigenvalue weighted by Gasteiger charge is 2.06. The van der Waals surface area contributed by atoms with E-state index in [1.165, 1.54) is 6.20 Å². The lowest BCUT2D eigenvalue weighted by atomic mass is 10.2. The van der Waals surface area contributed by atoms with Crippen molar-refractivity contribution >= 4 is 17.4 Å². The SMILES string of the molecule is Cc1cc(C)n(-c2ccc(CNc3ncc(C#N)cc3Cl)cn2)n1. The number of aryl methyl sites for hydroxylation is 2. The van der Waals surface area contributed by atoms with Crippen molar-refractivity contribution in [2.75, 3.05) is 5.32 Å². The first-order valence-electron chi connectivity index (χ1n) is 7.35. The maximum Gasteiger partial charge on any atom is 0.153 e. The van der Waals surface area contributed by atoms with E-state index in [1.54, 1.807) is 12.3 Å². The number of nitrogens with one attached hydrogen (secondary N) is 1. The summed E-state index contributed by atoms with van der Waals surface area (Å²) in [7, 11) is 0. The van der Waals surface area contributed by atoms with E-state index < -0.39 is 0 Å². The van der Waals surface area contributed by atoms with Crippen LogP contribution in [0.1, 0.15) is 22.5 Å². The van der Waals surface area contributed by atoms with Crippen molar-refractivity contribution in [3.63, 3.8) is 0 Å². The molecule has 0 aliphatic rings. The van der Waals surface area contributed by atoms with Crippen molar-refractivity contribution < 1.29 is 0 Å². The van der Waals surface area contributed by atoms with Gasteiger partial charge < -0.3 is 5.32 Å². The molecule has 0 saturated carbocycles. The third kappa shape index (κ3) is 3.36. The molecule has 3 rings (SSSR count). The number of rotatable bonds is 4. The molecule has 24 heavy (non-hydrogen) atoms. The van der Waals surface area contributed by atoms with Crippen LogP contribution in [0.2, 0.25) is 5.02 Å². The van der Waals surface area contributed by atoms with Crippen molar-refractivity contribution in [3.05, 3.63) is 64.2 Å². The van der Waals surface area contributed by atoms with Crippen molar-refractivity contribution in [1.29, 1.82) is 5.26 Å². The Morgan fingerprint density at radius 1 is 1.21 bits per heavy atom. The van der Waals surface area contributed by atoms with Crippen molar-refractivity contribution in [2.24, 2.45) is 0 Å². The van der Waals surface area contributed by atoms with E-state index in [9.17, 15) is 0 Å². The molecule has 0 radical (unpaired) electrons. The maximum atomic E-state index is 8.82. The van der Waals surface area contributed by atoms with Crippen LogP contribution in [-0.2, 0) is 6.54 Å². The summed E-state index contributed by atoms with van der Waals surface area (Å²) in [6, 6.07) is 9.49. The molecule has 0 spiro atoms. The van der Waals surface area contributed by atoms with Gasteiger partial charge in [-0.15, -0.1) is 0 Å². The van der Waals surface area contributed by atoms with E-state index in [4.69, 9.17) is 16.9 Å². The van der Waals surface area contributed by atoms with Crippen molar-refractivity contribution in [1.82, 2.24) is 19.7 Å². The summed E-state index contributed by atoms with van der Waals surface area (Å²) in [4.78, 5) is 8.59. The first kappa shape index (κ1) is 16.0. The Morgan fingerprint density at radius 2 is 2.04 bits per heavy atom. The summed E-state index contributed by atoms with van der Waals surface area (Å²) >= 11 is 6.10. The largest absolute Gasteiger partial charge is 0.365 e. The van der Waals surface area contributed by atoms with Crippen LogP contribution in [0.4, 0.5) is 5.82 Å². The molecular formula is C17H15ClN6. The van der Waals surface area contributed by atoms with Gasteiger partial charge in [0.2, 0.25) is 0 Å². The highest BCUT2D eigenvalue weighted by molar-refractivity contribution is 6.33. The van der Waals surface area contributed by atoms with Crippen LogP contribution in [0.5, 0.6) is 0 Å². The fourth-order valence-corrected chi connectivity index (χ4v) is 2.56. The number of nitrogens with zero attached hydrogens (tertiary/aromatic N) is 5. The molecule has 0 saturated heterocycles. The van der Waals surface area contributed by atoms with Gasteiger partial charge in [0.05, 0.1) is 16.3 Å². The number of pyridine rings is 2. The predicted octanol–water partition coefficient (Wildman–Crippen LogP) is 3.42. The second-order valence-electron chi connectivity index (χ2n) is 5.38. The summed E-state index contributed by atoms with van der Waals surface area (Å²) in [5.74, 6) is 1.32. The summed E-state index contributed by atoms with van der Waals surface area (Å²) in [6.07, 6.45) is 3.27. The fraction of sp³-hybridized carbons (Fsp3) is 0.176. The van der Waals surface area contributed by atoms with Gasteiger partial charge in [-0.3, -0.25) is 0 Å². The average molecular weight is 339 g/mol. The molecule has 120 valence electrons. The molecule has 0 amide bonds. The third-order valence-corrected chi connectivity index (χ3v) is 3.75. The minimum absolute atomic E-state index is 0.418. The Balaban J connectivity index is 1.71. The minimum Gasteiger partial charge on any atom is -0.365 e. The molecule has 7 heteroatoms. The highest BCUT2D eigenvalue weighted by Crippen LogP contribution is 2.20. The monoisotopic (exact) mass is 338 g/mol. The Hall–Kier alpha value is -2.91. The molecular weight excluding hydrogens is 324 g/mol. The molecule has 0 aromatic carbocycles. The number of hydrogen-bond donors (Lipinski definition) is 1. The second kappa shape index (κ2) is 6.69. The first-order chi connectivity index (χ1) is 11.6. The van der Waals surface area contributed by atoms with Crippen LogP contribution in [0.15, 0.2) is 36.7 Å². The standard InChI is InChI=1S/C17H15ClN6/c1-11-5-12(2)24(23-11)16-4-3-13(8-20-16)9-21-17-15(18)6-14(7-19)10-22-17/h3-6,8,10H,9H2,1-2H3,(H,21,22). The van der Waals surface area contributed by atoms with Crippen LogP contribution in [0, 0.1) is 25.2 Å². The van der Waals surface area contributed by atoms with Gasteiger partial charge in [0.1, 0.15) is 11.9 Å². The predicted molar refractivity (Wildman–Crippen MR) is 92.1 cm³/mol. The van der Waals surface area contributed by atoms with E-state index in [-0.39, 0.29) is 0 Å². The smallest absolute Gasteiger partial charge is 0.153 e. The lowest BCUT2D eigenvalue weighted by Gasteiger charge is -2.08. The van der Waals surface area contributed by atoms with Crippen LogP contribution in [0.25, 0.3) is 5.82 Å². The molecule has 0 fully saturated rings. The molecule has 3 heterocycles. The van der Waals surface area contributed by atoms with E-state index in [0.29, 0.717) is 22.9 Å². The Bertz CT molecular complexity index is 908. The minimum atomic E-state index is 0.418. The fourth-order valence-electron chi connectivity index (χ4n) is 2.32. The van der Waals surface area contributed by atoms with Gasteiger partial charge in [-0.25, -0.2) is 14.6 Å². The molecule has 0 aliphatic carbocycles. The number of nitriles is 1. The summed E-state index contributed by atoms with van der Waals surface area (Å²) in [6.45, 7) is 4.48. The quantitative estimate of drug-likeness (QED) is 0.788. The molecule has 0 unspecified atom stereocenters. The lowest BCUT2D eigenvalue weighted by Crippen LogP contribution is -2.05. The van der Waals surface area contributed by atoms with Gasteiger partial charge in [0, 0.05) is 24.6 Å². The lowest BCUT2D eigenvalue weighted by molar-refractivity contribution is 0.804. The molecule has 1 N–H and O–H groups in total. The van der Waals surface area contributed by atoms with Gasteiger partial charge in [0.25, 0.3) is 0 Å². The molecule has 6 nitrogen and oxygen atoms in total. The van der Waals surface area contributed by atoms with Crippen LogP contribution in [0.3, 0.4) is 0 Å². The highest BCUT2D eigenvalue weighted by atomic mass is 35.5. The van der Waals surface area contributed by atoms with Crippen molar-refractivity contribution in [3.8, 4) is 11.9 Å². The van der Waals surface area contributed by atoms with Gasteiger partial charge >= 0.3 is 0 Å². The summed E-state index contributed by atoms with van der Waals surface area (Å²) < 4.78 is 1.81. The summed E-state index contributed by atoms with van der Waals surface area (Å²) in [5.41, 5.74) is 3.42. The molecule has 0 atom stereocenters. The van der Waals surface area contributed by atoms with E-state index in [1.807, 2.05) is 42.8 Å². The number of anilines is 1. The van der Waals surface area contributed by atoms with Gasteiger partial charge in [0.15, 0.2) is 5.82 Å². The Labute approximate surface area is 144 Å². The molecule has 3 aromatic rings. The van der Waals surface area contributed by atoms with Crippen molar-refractivity contribution in [2.45, 2.75) is 20.4 Å². The zero-order valence-corrected chi connectivity index (χ0v) is 14.0. The third-order valence-electron chi connectivity index (χ3n) is 3.47. The van der Waals surface area contributed by atoms with Crippen LogP contribution >= 0.6 is 11.6 Å². The Morgan fingerprint density at radius 3 is 2.62 bits per heavy atom. The summed E-state index contributed by atoms with van der Waals surface area (Å²) in [5, 5.41) is 16.8. The maximum absolute atomic E-state index is 8.82. The van der Waals surface area contributed by atoms with Crippen LogP contribution in [-0.4, -0.2) is 19.7 Å². The van der Waals surface area contributed by atoms with Gasteiger partial charge in [-0.05, 0) is 37.6 Å². The average Bonchev–Trinajstić information content (AvgIpc) is 2.92. The zero-order valence-electron chi connectivity index (χ0n) is 13.3. The second-order valence-corrected chi connectivity index (χ2v) is 5.79. The topological polar surface area (TPSA) is 79.4 Å². The number of hydrogen-bond acceptors (Lipinski definition) is 5. The zero-order chi connectivity index (χ0) is 17.1. The number of halogens is 1. The normalized spacial score (nSPS) is 10.4. The van der Waals surface area contributed by atoms with Crippen LogP contribution < -0.4 is 5.32 Å².